The van der Waals surface area contributed by atoms with E-state index in [0.29, 0.717) is 17.2 Å². The van der Waals surface area contributed by atoms with Crippen molar-refractivity contribution in [3.8, 4) is 11.1 Å². The Hall–Kier alpha value is -4.38. The van der Waals surface area contributed by atoms with Crippen LogP contribution < -0.4 is 10.6 Å². The summed E-state index contributed by atoms with van der Waals surface area (Å²) in [7, 11) is 0. The molecule has 4 aromatic rings. The van der Waals surface area contributed by atoms with Gasteiger partial charge in [0.05, 0.1) is 11.5 Å². The molecular weight excluding hydrogens is 527 g/mol. The van der Waals surface area contributed by atoms with Crippen LogP contribution in [0.1, 0.15) is 17.1 Å². The number of benzene rings is 2. The largest absolute Gasteiger partial charge is 0.480 e. The lowest BCUT2D eigenvalue weighted by Gasteiger charge is -2.19. The van der Waals surface area contributed by atoms with Crippen molar-refractivity contribution in [3.05, 3.63) is 115 Å². The third-order valence-electron chi connectivity index (χ3n) is 5.48. The lowest BCUT2D eigenvalue weighted by Crippen LogP contribution is -2.39. The number of carboxylic acids is 1. The van der Waals surface area contributed by atoms with E-state index in [0.717, 1.165) is 40.8 Å². The predicted molar refractivity (Wildman–Crippen MR) is 144 cm³/mol. The Labute approximate surface area is 227 Å². The van der Waals surface area contributed by atoms with Crippen LogP contribution in [-0.4, -0.2) is 32.1 Å². The van der Waals surface area contributed by atoms with Gasteiger partial charge in [-0.2, -0.15) is 13.2 Å². The summed E-state index contributed by atoms with van der Waals surface area (Å²) < 4.78 is 38.7. The van der Waals surface area contributed by atoms with Crippen molar-refractivity contribution in [2.45, 2.75) is 29.5 Å². The quantitative estimate of drug-likeness (QED) is 0.154. The SMILES string of the molecule is C=C(Nc1ccc(-c2ccccc2)cc1)NC(Cc1cccc(CSc2nccc(C(F)(F)F)n2)n1)C(=O)O. The number of nitrogens with one attached hydrogen (secondary N) is 2. The number of rotatable bonds is 11. The summed E-state index contributed by atoms with van der Waals surface area (Å²) in [5, 5.41) is 15.7. The van der Waals surface area contributed by atoms with E-state index in [9.17, 15) is 23.1 Å². The Kier molecular flexibility index (Phi) is 8.82. The number of halogens is 3. The Balaban J connectivity index is 1.34. The molecule has 2 aromatic heterocycles. The van der Waals surface area contributed by atoms with E-state index >= 15 is 0 Å². The summed E-state index contributed by atoms with van der Waals surface area (Å²) in [6.07, 6.45) is -3.44. The first-order chi connectivity index (χ1) is 18.7. The molecule has 4 rings (SSSR count). The Morgan fingerprint density at radius 1 is 0.923 bits per heavy atom. The smallest absolute Gasteiger partial charge is 0.433 e. The third kappa shape index (κ3) is 8.05. The first-order valence-electron chi connectivity index (χ1n) is 11.8. The second kappa shape index (κ2) is 12.4. The van der Waals surface area contributed by atoms with Crippen LogP contribution in [0.5, 0.6) is 0 Å². The first-order valence-corrected chi connectivity index (χ1v) is 12.7. The monoisotopic (exact) mass is 551 g/mol. The molecule has 0 aliphatic heterocycles. The lowest BCUT2D eigenvalue weighted by atomic mass is 10.1. The number of aromatic nitrogens is 3. The minimum absolute atomic E-state index is 0.0266. The van der Waals surface area contributed by atoms with Gasteiger partial charge in [-0.25, -0.2) is 14.8 Å². The second-order valence-electron chi connectivity index (χ2n) is 8.42. The van der Waals surface area contributed by atoms with E-state index in [1.807, 2.05) is 54.6 Å². The molecule has 1 unspecified atom stereocenters. The Bertz CT molecular complexity index is 1430. The maximum atomic E-state index is 12.9. The van der Waals surface area contributed by atoms with Gasteiger partial charge in [0.25, 0.3) is 0 Å². The highest BCUT2D eigenvalue weighted by molar-refractivity contribution is 7.98. The molecule has 1 atom stereocenters. The number of pyridine rings is 1. The van der Waals surface area contributed by atoms with Crippen molar-refractivity contribution < 1.29 is 23.1 Å². The number of carboxylic acid groups (broad SMARTS) is 1. The minimum atomic E-state index is -4.56. The van der Waals surface area contributed by atoms with Crippen LogP contribution in [0.15, 0.2) is 103 Å². The molecular formula is C28H24F3N5O2S. The third-order valence-corrected chi connectivity index (χ3v) is 6.38. The molecule has 200 valence electrons. The standard InChI is InChI=1S/C28H24F3N5O2S/c1-18(33-21-12-10-20(11-13-21)19-6-3-2-4-7-19)34-24(26(37)38)16-22-8-5-9-23(35-22)17-39-27-32-15-14-25(36-27)28(29,30)31/h2-15,24,33-34H,1,16-17H2,(H,37,38). The molecule has 39 heavy (non-hydrogen) atoms. The number of hydrogen-bond donors (Lipinski definition) is 3. The second-order valence-corrected chi connectivity index (χ2v) is 9.36. The average molecular weight is 552 g/mol. The summed E-state index contributed by atoms with van der Waals surface area (Å²) in [6, 6.07) is 22.5. The van der Waals surface area contributed by atoms with Gasteiger partial charge in [-0.3, -0.25) is 4.98 Å². The zero-order valence-corrected chi connectivity index (χ0v) is 21.3. The van der Waals surface area contributed by atoms with Crippen LogP contribution in [0, 0.1) is 0 Å². The van der Waals surface area contributed by atoms with E-state index in [1.165, 1.54) is 0 Å². The van der Waals surface area contributed by atoms with Crippen LogP contribution in [0.3, 0.4) is 0 Å². The molecule has 0 saturated heterocycles. The molecule has 0 radical (unpaired) electrons. The predicted octanol–water partition coefficient (Wildman–Crippen LogP) is 6.02. The maximum absolute atomic E-state index is 12.9. The lowest BCUT2D eigenvalue weighted by molar-refractivity contribution is -0.141. The number of alkyl halides is 3. The zero-order chi connectivity index (χ0) is 27.8. The Morgan fingerprint density at radius 2 is 1.62 bits per heavy atom. The van der Waals surface area contributed by atoms with Crippen LogP contribution in [0.2, 0.25) is 0 Å². The van der Waals surface area contributed by atoms with Crippen LogP contribution in [-0.2, 0) is 23.1 Å². The van der Waals surface area contributed by atoms with Gasteiger partial charge in [0.2, 0.25) is 0 Å². The Morgan fingerprint density at radius 3 is 2.31 bits per heavy atom. The molecule has 7 nitrogen and oxygen atoms in total. The van der Waals surface area contributed by atoms with Gasteiger partial charge in [0.15, 0.2) is 5.16 Å². The molecule has 0 amide bonds. The molecule has 0 aliphatic carbocycles. The highest BCUT2D eigenvalue weighted by Crippen LogP contribution is 2.29. The van der Waals surface area contributed by atoms with E-state index in [4.69, 9.17) is 0 Å². The highest BCUT2D eigenvalue weighted by atomic mass is 32.2. The van der Waals surface area contributed by atoms with Crippen molar-refractivity contribution in [1.29, 1.82) is 0 Å². The number of thioether (sulfide) groups is 1. The van der Waals surface area contributed by atoms with Gasteiger partial charge in [-0.15, -0.1) is 0 Å². The first kappa shape index (κ1) is 27.6. The van der Waals surface area contributed by atoms with Crippen LogP contribution >= 0.6 is 11.8 Å². The number of hydrogen-bond acceptors (Lipinski definition) is 7. The van der Waals surface area contributed by atoms with Crippen LogP contribution in [0.4, 0.5) is 18.9 Å². The fourth-order valence-corrected chi connectivity index (χ4v) is 4.37. The van der Waals surface area contributed by atoms with Crippen molar-refractivity contribution >= 4 is 23.4 Å². The van der Waals surface area contributed by atoms with Crippen LogP contribution in [0.25, 0.3) is 11.1 Å². The summed E-state index contributed by atoms with van der Waals surface area (Å²) in [4.78, 5) is 23.8. The van der Waals surface area contributed by atoms with Gasteiger partial charge >= 0.3 is 12.1 Å². The number of nitrogens with zero attached hydrogens (tertiary/aromatic N) is 3. The minimum Gasteiger partial charge on any atom is -0.480 e. The highest BCUT2D eigenvalue weighted by Gasteiger charge is 2.32. The van der Waals surface area contributed by atoms with Gasteiger partial charge in [-0.1, -0.05) is 66.9 Å². The molecule has 0 fully saturated rings. The number of anilines is 1. The van der Waals surface area contributed by atoms with Crippen molar-refractivity contribution in [2.75, 3.05) is 5.32 Å². The molecule has 0 aliphatic rings. The normalized spacial score (nSPS) is 12.0. The van der Waals surface area contributed by atoms with Gasteiger partial charge in [-0.05, 0) is 41.5 Å². The molecule has 3 N–H and O–H groups in total. The molecule has 11 heteroatoms. The fraction of sp³-hybridized carbons (Fsp3) is 0.143. The van der Waals surface area contributed by atoms with Gasteiger partial charge < -0.3 is 15.7 Å². The molecule has 0 saturated carbocycles. The van der Waals surface area contributed by atoms with Crippen molar-refractivity contribution in [3.63, 3.8) is 0 Å². The van der Waals surface area contributed by atoms with Gasteiger partial charge in [0.1, 0.15) is 11.7 Å². The molecule has 2 aromatic carbocycles. The molecule has 0 spiro atoms. The van der Waals surface area contributed by atoms with E-state index in [2.05, 4.69) is 32.2 Å². The van der Waals surface area contributed by atoms with Gasteiger partial charge in [0, 0.05) is 29.8 Å². The summed E-state index contributed by atoms with van der Waals surface area (Å²) in [6.45, 7) is 3.90. The summed E-state index contributed by atoms with van der Waals surface area (Å²) >= 11 is 1.01. The van der Waals surface area contributed by atoms with E-state index < -0.39 is 23.9 Å². The zero-order valence-electron chi connectivity index (χ0n) is 20.5. The van der Waals surface area contributed by atoms with E-state index in [1.54, 1.807) is 18.2 Å². The average Bonchev–Trinajstić information content (AvgIpc) is 2.92. The number of aliphatic carboxylic acids is 1. The van der Waals surface area contributed by atoms with E-state index in [-0.39, 0.29) is 17.3 Å². The van der Waals surface area contributed by atoms with Crippen molar-refractivity contribution in [1.82, 2.24) is 20.3 Å². The summed E-state index contributed by atoms with van der Waals surface area (Å²) in [5.74, 6) is -0.562. The van der Waals surface area contributed by atoms with Crippen molar-refractivity contribution in [2.24, 2.45) is 0 Å². The summed E-state index contributed by atoms with van der Waals surface area (Å²) in [5.41, 5.74) is 2.91. The molecule has 2 heterocycles. The maximum Gasteiger partial charge on any atom is 0.433 e. The molecule has 0 bridgehead atoms. The topological polar surface area (TPSA) is 100 Å². The fourth-order valence-electron chi connectivity index (χ4n) is 3.64. The number of carbonyl (C=O) groups is 1.